The minimum Gasteiger partial charge on any atom is -0.493 e. The van der Waals surface area contributed by atoms with E-state index >= 15 is 0 Å². The van der Waals surface area contributed by atoms with Gasteiger partial charge in [-0.2, -0.15) is 13.2 Å². The van der Waals surface area contributed by atoms with Gasteiger partial charge in [-0.05, 0) is 48.4 Å². The summed E-state index contributed by atoms with van der Waals surface area (Å²) in [6, 6.07) is 12.6. The van der Waals surface area contributed by atoms with Crippen molar-refractivity contribution in [2.75, 3.05) is 46.9 Å². The van der Waals surface area contributed by atoms with Crippen molar-refractivity contribution in [1.82, 2.24) is 19.8 Å². The van der Waals surface area contributed by atoms with E-state index < -0.39 is 11.7 Å². The number of benzene rings is 3. The van der Waals surface area contributed by atoms with E-state index in [0.29, 0.717) is 39.3 Å². The molecule has 0 N–H and O–H groups in total. The molecule has 44 heavy (non-hydrogen) atoms. The molecule has 1 fully saturated rings. The first-order valence-corrected chi connectivity index (χ1v) is 14.4. The molecule has 0 radical (unpaired) electrons. The molecule has 3 aromatic carbocycles. The average molecular weight is 609 g/mol. The smallest absolute Gasteiger partial charge is 0.416 e. The van der Waals surface area contributed by atoms with Gasteiger partial charge in [-0.25, -0.2) is 9.97 Å². The third-order valence-corrected chi connectivity index (χ3v) is 7.97. The molecule has 2 heterocycles. The SMILES string of the molecule is CCN1CCN(Cc2ccc(CC(=O)c3ccc(C)c(Oc4ncnc5cc(OC)c(OC)cc45)c3)cc2C(F)(F)F)CC1. The first-order valence-electron chi connectivity index (χ1n) is 14.4. The number of rotatable bonds is 10. The highest BCUT2D eigenvalue weighted by atomic mass is 19.4. The summed E-state index contributed by atoms with van der Waals surface area (Å²) in [6.07, 6.45) is -3.35. The lowest BCUT2D eigenvalue weighted by atomic mass is 9.97. The average Bonchev–Trinajstić information content (AvgIpc) is 3.02. The summed E-state index contributed by atoms with van der Waals surface area (Å²) < 4.78 is 59.2. The van der Waals surface area contributed by atoms with Crippen molar-refractivity contribution in [1.29, 1.82) is 0 Å². The van der Waals surface area contributed by atoms with Gasteiger partial charge in [0.25, 0.3) is 0 Å². The summed E-state index contributed by atoms with van der Waals surface area (Å²) in [7, 11) is 3.05. The molecule has 0 amide bonds. The zero-order chi connectivity index (χ0) is 31.4. The van der Waals surface area contributed by atoms with Crippen LogP contribution in [0.1, 0.15) is 39.5 Å². The van der Waals surface area contributed by atoms with Crippen molar-refractivity contribution < 1.29 is 32.2 Å². The van der Waals surface area contributed by atoms with E-state index in [9.17, 15) is 18.0 Å². The number of piperazine rings is 1. The number of fused-ring (bicyclic) bond motifs is 1. The van der Waals surface area contributed by atoms with Crippen molar-refractivity contribution in [2.45, 2.75) is 33.0 Å². The van der Waals surface area contributed by atoms with Crippen LogP contribution in [0.15, 0.2) is 54.9 Å². The number of hydrogen-bond donors (Lipinski definition) is 0. The standard InChI is InChI=1S/C33H35F3N4O4/c1-5-39-10-12-40(13-11-39)19-24-9-7-22(14-26(24)33(34,35)36)15-28(41)23-8-6-21(2)29(16-23)44-32-25-17-30(42-3)31(43-4)18-27(25)37-20-38-32/h6-9,14,16-18,20H,5,10-13,15,19H2,1-4H3. The Hall–Kier alpha value is -4.22. The largest absolute Gasteiger partial charge is 0.493 e. The number of aryl methyl sites for hydroxylation is 1. The quantitative estimate of drug-likeness (QED) is 0.194. The van der Waals surface area contributed by atoms with Crippen molar-refractivity contribution in [2.24, 2.45) is 0 Å². The third-order valence-electron chi connectivity index (χ3n) is 7.97. The predicted molar refractivity (Wildman–Crippen MR) is 161 cm³/mol. The van der Waals surface area contributed by atoms with Crippen LogP contribution < -0.4 is 14.2 Å². The number of carbonyl (C=O) groups excluding carboxylic acids is 1. The minimum atomic E-state index is -4.53. The molecule has 4 aromatic rings. The fraction of sp³-hybridized carbons (Fsp3) is 0.364. The highest BCUT2D eigenvalue weighted by molar-refractivity contribution is 5.98. The normalized spacial score (nSPS) is 14.5. The Bertz CT molecular complexity index is 1650. The number of nitrogens with zero attached hydrogens (tertiary/aromatic N) is 4. The van der Waals surface area contributed by atoms with E-state index in [1.807, 2.05) is 11.8 Å². The van der Waals surface area contributed by atoms with Gasteiger partial charge in [-0.1, -0.05) is 31.2 Å². The summed E-state index contributed by atoms with van der Waals surface area (Å²) in [5.41, 5.74) is 1.46. The second kappa shape index (κ2) is 13.2. The molecular weight excluding hydrogens is 573 g/mol. The van der Waals surface area contributed by atoms with Crippen molar-refractivity contribution in [3.05, 3.63) is 82.7 Å². The second-order valence-corrected chi connectivity index (χ2v) is 10.8. The number of halogens is 3. The molecule has 0 bridgehead atoms. The Kier molecular flexibility index (Phi) is 9.36. The first-order chi connectivity index (χ1) is 21.1. The van der Waals surface area contributed by atoms with Crippen LogP contribution in [0.25, 0.3) is 10.9 Å². The molecule has 8 nitrogen and oxygen atoms in total. The zero-order valence-electron chi connectivity index (χ0n) is 25.2. The number of likely N-dealkylation sites (N-methyl/N-ethyl adjacent to an activating group) is 1. The molecule has 1 aliphatic heterocycles. The lowest BCUT2D eigenvalue weighted by Crippen LogP contribution is -2.45. The minimum absolute atomic E-state index is 0.186. The number of ether oxygens (including phenoxy) is 3. The number of ketones is 1. The molecular formula is C33H35F3N4O4. The maximum atomic E-state index is 14.1. The van der Waals surface area contributed by atoms with Crippen molar-refractivity contribution in [3.8, 4) is 23.1 Å². The summed E-state index contributed by atoms with van der Waals surface area (Å²) in [4.78, 5) is 26.2. The topological polar surface area (TPSA) is 77.0 Å². The maximum absolute atomic E-state index is 14.1. The van der Waals surface area contributed by atoms with Crippen molar-refractivity contribution >= 4 is 16.7 Å². The van der Waals surface area contributed by atoms with E-state index in [0.717, 1.165) is 44.4 Å². The van der Waals surface area contributed by atoms with Gasteiger partial charge < -0.3 is 19.1 Å². The Morgan fingerprint density at radius 3 is 2.27 bits per heavy atom. The van der Waals surface area contributed by atoms with Gasteiger partial charge in [0, 0.05) is 50.8 Å². The number of Topliss-reactive ketones (excluding diaryl/α,β-unsaturated/α-hetero) is 1. The van der Waals surface area contributed by atoms with Crippen LogP contribution in [0.5, 0.6) is 23.1 Å². The predicted octanol–water partition coefficient (Wildman–Crippen LogP) is 6.33. The number of methoxy groups -OCH3 is 2. The monoisotopic (exact) mass is 608 g/mol. The lowest BCUT2D eigenvalue weighted by Gasteiger charge is -2.34. The lowest BCUT2D eigenvalue weighted by molar-refractivity contribution is -0.138. The van der Waals surface area contributed by atoms with Crippen LogP contribution in [0, 0.1) is 6.92 Å². The second-order valence-electron chi connectivity index (χ2n) is 10.8. The number of carbonyl (C=O) groups is 1. The zero-order valence-corrected chi connectivity index (χ0v) is 25.2. The summed E-state index contributed by atoms with van der Waals surface area (Å²) >= 11 is 0. The van der Waals surface area contributed by atoms with E-state index in [4.69, 9.17) is 14.2 Å². The van der Waals surface area contributed by atoms with Gasteiger partial charge in [-0.3, -0.25) is 9.69 Å². The molecule has 0 spiro atoms. The molecule has 1 aliphatic rings. The molecule has 1 aromatic heterocycles. The van der Waals surface area contributed by atoms with E-state index in [1.165, 1.54) is 26.6 Å². The van der Waals surface area contributed by atoms with Gasteiger partial charge in [0.15, 0.2) is 17.3 Å². The van der Waals surface area contributed by atoms with Gasteiger partial charge in [0.1, 0.15) is 12.1 Å². The summed E-state index contributed by atoms with van der Waals surface area (Å²) in [5.74, 6) is 1.30. The highest BCUT2D eigenvalue weighted by Gasteiger charge is 2.34. The van der Waals surface area contributed by atoms with Crippen LogP contribution in [-0.2, 0) is 19.1 Å². The van der Waals surface area contributed by atoms with Crippen LogP contribution in [0.3, 0.4) is 0 Å². The molecule has 11 heteroatoms. The first kappa shape index (κ1) is 31.2. The molecule has 0 saturated carbocycles. The van der Waals surface area contributed by atoms with Crippen LogP contribution >= 0.6 is 0 Å². The van der Waals surface area contributed by atoms with Gasteiger partial charge in [0.2, 0.25) is 5.88 Å². The van der Waals surface area contributed by atoms with Crippen molar-refractivity contribution in [3.63, 3.8) is 0 Å². The van der Waals surface area contributed by atoms with Crippen LogP contribution in [0.2, 0.25) is 0 Å². The fourth-order valence-corrected chi connectivity index (χ4v) is 5.36. The molecule has 232 valence electrons. The number of hydrogen-bond acceptors (Lipinski definition) is 8. The molecule has 0 aliphatic carbocycles. The summed E-state index contributed by atoms with van der Waals surface area (Å²) in [6.45, 7) is 8.17. The molecule has 0 unspecified atom stereocenters. The number of alkyl halides is 3. The Morgan fingerprint density at radius 1 is 0.886 bits per heavy atom. The van der Waals surface area contributed by atoms with Gasteiger partial charge in [-0.15, -0.1) is 0 Å². The fourth-order valence-electron chi connectivity index (χ4n) is 5.36. The third kappa shape index (κ3) is 6.95. The van der Waals surface area contributed by atoms with E-state index in [1.54, 1.807) is 36.4 Å². The Morgan fingerprint density at radius 2 is 1.59 bits per heavy atom. The number of aromatic nitrogens is 2. The van der Waals surface area contributed by atoms with Gasteiger partial charge >= 0.3 is 6.18 Å². The summed E-state index contributed by atoms with van der Waals surface area (Å²) in [5, 5.41) is 0.577. The molecule has 5 rings (SSSR count). The highest BCUT2D eigenvalue weighted by Crippen LogP contribution is 2.37. The maximum Gasteiger partial charge on any atom is 0.416 e. The Labute approximate surface area is 254 Å². The molecule has 1 saturated heterocycles. The van der Waals surface area contributed by atoms with Crippen LogP contribution in [-0.4, -0.2) is 72.5 Å². The van der Waals surface area contributed by atoms with E-state index in [2.05, 4.69) is 21.8 Å². The van der Waals surface area contributed by atoms with Gasteiger partial charge in [0.05, 0.1) is 30.7 Å². The van der Waals surface area contributed by atoms with E-state index in [-0.39, 0.29) is 30.2 Å². The molecule has 0 atom stereocenters. The Balaban J connectivity index is 1.36. The van der Waals surface area contributed by atoms with Crippen LogP contribution in [0.4, 0.5) is 13.2 Å².